The van der Waals surface area contributed by atoms with Crippen molar-refractivity contribution < 1.29 is 33.8 Å². The molecule has 0 saturated heterocycles. The van der Waals surface area contributed by atoms with Crippen molar-refractivity contribution in [2.75, 3.05) is 6.54 Å². The van der Waals surface area contributed by atoms with E-state index in [-0.39, 0.29) is 36.6 Å². The molecule has 0 bridgehead atoms. The highest BCUT2D eigenvalue weighted by atomic mass is 16.6. The van der Waals surface area contributed by atoms with Crippen LogP contribution in [0.1, 0.15) is 104 Å². The number of phenolic OH excluding ortho intramolecular Hbond substituents is 1. The molecule has 0 radical (unpaired) electrons. The standard InChI is InChI=1S/C37H55N3O7/c1-11-12-21-40(33(43)28(22-24(2)3)39-35(45)47-37(8,9)10)30(27-20-16-17-25(4)31(27)41)32(42)38-29(34(44)46-36(5,6)7)23-26-18-14-13-15-19-26/h13-20,24,28-30,41H,11-12,21-23H2,1-10H3,(H,38,42)(H,39,45). The average Bonchev–Trinajstić information content (AvgIpc) is 2.94. The van der Waals surface area contributed by atoms with Gasteiger partial charge in [-0.05, 0) is 78.4 Å². The third-order valence-electron chi connectivity index (χ3n) is 7.15. The Morgan fingerprint density at radius 3 is 2.02 bits per heavy atom. The molecule has 2 rings (SSSR count). The summed E-state index contributed by atoms with van der Waals surface area (Å²) in [5.74, 6) is -1.93. The van der Waals surface area contributed by atoms with Gasteiger partial charge in [0.2, 0.25) is 11.8 Å². The highest BCUT2D eigenvalue weighted by Gasteiger charge is 2.39. The van der Waals surface area contributed by atoms with Crippen molar-refractivity contribution in [2.24, 2.45) is 5.92 Å². The Bertz CT molecular complexity index is 1350. The largest absolute Gasteiger partial charge is 0.507 e. The zero-order valence-electron chi connectivity index (χ0n) is 29.8. The monoisotopic (exact) mass is 653 g/mol. The van der Waals surface area contributed by atoms with E-state index in [0.717, 1.165) is 5.56 Å². The first kappa shape index (κ1) is 39.1. The maximum absolute atomic E-state index is 14.5. The third kappa shape index (κ3) is 12.9. The van der Waals surface area contributed by atoms with Gasteiger partial charge in [-0.3, -0.25) is 9.59 Å². The van der Waals surface area contributed by atoms with Gasteiger partial charge in [0.25, 0.3) is 0 Å². The molecule has 0 spiro atoms. The zero-order valence-corrected chi connectivity index (χ0v) is 29.8. The molecule has 2 aromatic rings. The predicted octanol–water partition coefficient (Wildman–Crippen LogP) is 6.38. The lowest BCUT2D eigenvalue weighted by atomic mass is 9.96. The second-order valence-corrected chi connectivity index (χ2v) is 14.4. The number of nitrogens with one attached hydrogen (secondary N) is 2. The summed E-state index contributed by atoms with van der Waals surface area (Å²) in [5.41, 5.74) is -0.0817. The Hall–Kier alpha value is -4.08. The van der Waals surface area contributed by atoms with Crippen LogP contribution in [0.4, 0.5) is 4.79 Å². The van der Waals surface area contributed by atoms with E-state index in [1.165, 1.54) is 4.90 Å². The number of amides is 3. The van der Waals surface area contributed by atoms with Crippen LogP contribution in [-0.2, 0) is 30.3 Å². The fourth-order valence-corrected chi connectivity index (χ4v) is 5.06. The smallest absolute Gasteiger partial charge is 0.408 e. The van der Waals surface area contributed by atoms with Crippen LogP contribution >= 0.6 is 0 Å². The highest BCUT2D eigenvalue weighted by molar-refractivity contribution is 5.94. The number of aryl methyl sites for hydroxylation is 1. The number of ether oxygens (including phenoxy) is 2. The summed E-state index contributed by atoms with van der Waals surface area (Å²) in [7, 11) is 0. The van der Waals surface area contributed by atoms with Crippen LogP contribution in [0.15, 0.2) is 48.5 Å². The van der Waals surface area contributed by atoms with E-state index in [9.17, 15) is 24.3 Å². The number of rotatable bonds is 14. The van der Waals surface area contributed by atoms with Gasteiger partial charge in [0.05, 0.1) is 0 Å². The average molecular weight is 654 g/mol. The quantitative estimate of drug-likeness (QED) is 0.202. The summed E-state index contributed by atoms with van der Waals surface area (Å²) in [6.45, 7) is 18.1. The van der Waals surface area contributed by atoms with Gasteiger partial charge in [0.15, 0.2) is 0 Å². The molecule has 3 N–H and O–H groups in total. The highest BCUT2D eigenvalue weighted by Crippen LogP contribution is 2.33. The van der Waals surface area contributed by atoms with Crippen LogP contribution in [0, 0.1) is 12.8 Å². The van der Waals surface area contributed by atoms with Gasteiger partial charge in [-0.1, -0.05) is 75.7 Å². The summed E-state index contributed by atoms with van der Waals surface area (Å²) in [5, 5.41) is 16.9. The topological polar surface area (TPSA) is 134 Å². The molecule has 10 nitrogen and oxygen atoms in total. The van der Waals surface area contributed by atoms with E-state index in [0.29, 0.717) is 18.4 Å². The molecular weight excluding hydrogens is 598 g/mol. The lowest BCUT2D eigenvalue weighted by Gasteiger charge is -2.36. The number of carbonyl (C=O) groups is 4. The summed E-state index contributed by atoms with van der Waals surface area (Å²) in [6.07, 6.45) is 0.930. The fraction of sp³-hybridized carbons (Fsp3) is 0.568. The Balaban J connectivity index is 2.66. The molecule has 0 aliphatic rings. The van der Waals surface area contributed by atoms with Gasteiger partial charge in [0, 0.05) is 18.5 Å². The molecule has 3 amide bonds. The number of hydrogen-bond donors (Lipinski definition) is 3. The van der Waals surface area contributed by atoms with E-state index in [2.05, 4.69) is 10.6 Å². The second-order valence-electron chi connectivity index (χ2n) is 14.4. The number of nitrogens with zero attached hydrogens (tertiary/aromatic N) is 1. The first-order chi connectivity index (χ1) is 21.8. The van der Waals surface area contributed by atoms with E-state index >= 15 is 0 Å². The second kappa shape index (κ2) is 17.2. The van der Waals surface area contributed by atoms with Crippen LogP contribution in [0.25, 0.3) is 0 Å². The molecule has 260 valence electrons. The number of para-hydroxylation sites is 1. The minimum absolute atomic E-state index is 0.00832. The third-order valence-corrected chi connectivity index (χ3v) is 7.15. The normalized spacial score (nSPS) is 13.7. The number of unbranched alkanes of at least 4 members (excludes halogenated alkanes) is 1. The van der Waals surface area contributed by atoms with E-state index in [1.54, 1.807) is 66.7 Å². The van der Waals surface area contributed by atoms with E-state index in [1.807, 2.05) is 51.1 Å². The number of carbonyl (C=O) groups excluding carboxylic acids is 4. The van der Waals surface area contributed by atoms with Gasteiger partial charge < -0.3 is 30.1 Å². The molecule has 3 unspecified atom stereocenters. The van der Waals surface area contributed by atoms with Crippen molar-refractivity contribution in [1.82, 2.24) is 15.5 Å². The minimum atomic E-state index is -1.33. The lowest BCUT2D eigenvalue weighted by Crippen LogP contribution is -2.55. The van der Waals surface area contributed by atoms with Crippen LogP contribution < -0.4 is 10.6 Å². The molecule has 2 aromatic carbocycles. The number of hydrogen-bond acceptors (Lipinski definition) is 7. The Kier molecular flexibility index (Phi) is 14.3. The molecule has 3 atom stereocenters. The number of alkyl carbamates (subject to hydrolysis) is 1. The maximum atomic E-state index is 14.5. The molecule has 10 heteroatoms. The summed E-state index contributed by atoms with van der Waals surface area (Å²) in [4.78, 5) is 56.8. The molecule has 0 aromatic heterocycles. The Morgan fingerprint density at radius 1 is 0.851 bits per heavy atom. The van der Waals surface area contributed by atoms with Crippen molar-refractivity contribution in [3.8, 4) is 5.75 Å². The minimum Gasteiger partial charge on any atom is -0.507 e. The van der Waals surface area contributed by atoms with Crippen LogP contribution in [0.5, 0.6) is 5.75 Å². The summed E-state index contributed by atoms with van der Waals surface area (Å²) in [6, 6.07) is 10.8. The maximum Gasteiger partial charge on any atom is 0.408 e. The zero-order chi connectivity index (χ0) is 35.5. The summed E-state index contributed by atoms with van der Waals surface area (Å²) < 4.78 is 11.2. The van der Waals surface area contributed by atoms with Gasteiger partial charge in [0.1, 0.15) is 35.1 Å². The summed E-state index contributed by atoms with van der Waals surface area (Å²) >= 11 is 0. The fourth-order valence-electron chi connectivity index (χ4n) is 5.06. The van der Waals surface area contributed by atoms with Gasteiger partial charge in [-0.25, -0.2) is 9.59 Å². The van der Waals surface area contributed by atoms with Crippen molar-refractivity contribution >= 4 is 23.9 Å². The Labute approximate surface area is 280 Å². The van der Waals surface area contributed by atoms with Gasteiger partial charge in [-0.15, -0.1) is 0 Å². The molecular formula is C37H55N3O7. The Morgan fingerprint density at radius 2 is 1.47 bits per heavy atom. The van der Waals surface area contributed by atoms with Crippen molar-refractivity contribution in [1.29, 1.82) is 0 Å². The van der Waals surface area contributed by atoms with Crippen LogP contribution in [0.2, 0.25) is 0 Å². The molecule has 0 aliphatic heterocycles. The van der Waals surface area contributed by atoms with E-state index < -0.39 is 53.2 Å². The number of phenols is 1. The molecule has 0 saturated carbocycles. The molecule has 0 aliphatic carbocycles. The van der Waals surface area contributed by atoms with Crippen molar-refractivity contribution in [2.45, 2.75) is 124 Å². The van der Waals surface area contributed by atoms with Gasteiger partial charge in [-0.2, -0.15) is 0 Å². The SMILES string of the molecule is CCCCN(C(=O)C(CC(C)C)NC(=O)OC(C)(C)C)C(C(=O)NC(Cc1ccccc1)C(=O)OC(C)(C)C)c1cccc(C)c1O. The lowest BCUT2D eigenvalue weighted by molar-refractivity contribution is -0.159. The molecule has 0 heterocycles. The first-order valence-corrected chi connectivity index (χ1v) is 16.5. The van der Waals surface area contributed by atoms with Crippen LogP contribution in [-0.4, -0.2) is 63.7 Å². The van der Waals surface area contributed by atoms with Crippen molar-refractivity contribution in [3.05, 3.63) is 65.2 Å². The molecule has 0 fully saturated rings. The number of benzene rings is 2. The van der Waals surface area contributed by atoms with Crippen LogP contribution in [0.3, 0.4) is 0 Å². The van der Waals surface area contributed by atoms with Crippen molar-refractivity contribution in [3.63, 3.8) is 0 Å². The predicted molar refractivity (Wildman–Crippen MR) is 183 cm³/mol. The number of aromatic hydroxyl groups is 1. The van der Waals surface area contributed by atoms with Gasteiger partial charge >= 0.3 is 12.1 Å². The number of esters is 1. The first-order valence-electron chi connectivity index (χ1n) is 16.5. The van der Waals surface area contributed by atoms with E-state index in [4.69, 9.17) is 9.47 Å². The molecule has 47 heavy (non-hydrogen) atoms.